The predicted molar refractivity (Wildman–Crippen MR) is 165 cm³/mol. The van der Waals surface area contributed by atoms with Gasteiger partial charge in [-0.1, -0.05) is 56.9 Å². The van der Waals surface area contributed by atoms with E-state index >= 15 is 0 Å². The van der Waals surface area contributed by atoms with Gasteiger partial charge in [-0.25, -0.2) is 47.2 Å². The summed E-state index contributed by atoms with van der Waals surface area (Å²) < 4.78 is 67.9. The van der Waals surface area contributed by atoms with Crippen LogP contribution in [-0.4, -0.2) is 39.2 Å². The molecule has 5 rings (SSSR count). The maximum atomic E-state index is 13.6. The van der Waals surface area contributed by atoms with Gasteiger partial charge in [0, 0.05) is 45.2 Å². The topological polar surface area (TPSA) is 303 Å². The molecule has 0 amide bonds. The summed E-state index contributed by atoms with van der Waals surface area (Å²) in [5, 5.41) is 20.9. The molecule has 53 heavy (non-hydrogen) atoms. The largest absolute Gasteiger partial charge is 2.00 e. The minimum atomic E-state index is -4.94. The number of para-hydroxylation sites is 2. The van der Waals surface area contributed by atoms with Gasteiger partial charge in [-0.2, -0.15) is 5.26 Å². The molecule has 0 aliphatic rings. The zero-order valence-corrected chi connectivity index (χ0v) is 31.7. The molecule has 3 heterocycles. The number of hydrogen-bond acceptors (Lipinski definition) is 14. The summed E-state index contributed by atoms with van der Waals surface area (Å²) in [6.07, 6.45) is 5.35. The van der Waals surface area contributed by atoms with Crippen molar-refractivity contribution in [1.29, 1.82) is 5.26 Å². The van der Waals surface area contributed by atoms with Crippen molar-refractivity contribution >= 4 is 17.2 Å². The van der Waals surface area contributed by atoms with Gasteiger partial charge in [-0.3, -0.25) is 19.9 Å². The molecular weight excluding hydrogens is 776 g/mol. The minimum absolute atomic E-state index is 0. The van der Waals surface area contributed by atoms with Gasteiger partial charge in [0.05, 0.1) is 29.6 Å². The number of hydrogen-bond donors (Lipinski definition) is 1. The molecule has 0 spiro atoms. The predicted octanol–water partition coefficient (Wildman–Crippen LogP) is -4.05. The first-order valence-electron chi connectivity index (χ1n) is 15.2. The van der Waals surface area contributed by atoms with Crippen LogP contribution in [0.15, 0.2) is 90.2 Å². The van der Waals surface area contributed by atoms with Gasteiger partial charge in [-0.15, -0.1) is 20.5 Å². The van der Waals surface area contributed by atoms with Gasteiger partial charge >= 0.3 is 17.1 Å². The third-order valence-corrected chi connectivity index (χ3v) is 6.70. The Balaban J connectivity index is 0.000000869. The number of imidazole rings is 1. The molecule has 0 unspecified atom stereocenters. The molecule has 283 valence electrons. The summed E-state index contributed by atoms with van der Waals surface area (Å²) in [5.41, 5.74) is 6.08. The summed E-state index contributed by atoms with van der Waals surface area (Å²) in [7, 11) is -9.89. The van der Waals surface area contributed by atoms with E-state index in [9.17, 15) is 5.11 Å². The van der Waals surface area contributed by atoms with E-state index in [-0.39, 0.29) is 28.2 Å². The van der Waals surface area contributed by atoms with Crippen molar-refractivity contribution in [3.8, 4) is 23.2 Å². The zero-order chi connectivity index (χ0) is 39.0. The molecule has 1 radical (unpaired) electrons. The molecule has 0 atom stereocenters. The Morgan fingerprint density at radius 2 is 1.34 bits per heavy atom. The first-order valence-corrected chi connectivity index (χ1v) is 17.7. The third-order valence-electron chi connectivity index (χ3n) is 6.70. The molecule has 19 heteroatoms. The van der Waals surface area contributed by atoms with Crippen LogP contribution in [0.1, 0.15) is 50.2 Å². The molecule has 0 aliphatic heterocycles. The normalized spacial score (nSPS) is 11.3. The Hall–Kier alpha value is -4.09. The first-order chi connectivity index (χ1) is 24.3. The van der Waals surface area contributed by atoms with E-state index in [1.807, 2.05) is 85.2 Å². The number of H-pyrrole nitrogens is 2. The number of rotatable bonds is 9. The molecule has 0 saturated carbocycles. The number of aromatic nitrogens is 4. The van der Waals surface area contributed by atoms with Crippen LogP contribution in [0.25, 0.3) is 22.4 Å². The van der Waals surface area contributed by atoms with Gasteiger partial charge in [0.25, 0.3) is 5.82 Å². The van der Waals surface area contributed by atoms with Gasteiger partial charge in [-0.05, 0) is 59.0 Å². The molecule has 0 fully saturated rings. The number of halogens is 2. The van der Waals surface area contributed by atoms with Crippen LogP contribution in [0.5, 0.6) is 5.75 Å². The van der Waals surface area contributed by atoms with Crippen molar-refractivity contribution in [2.45, 2.75) is 46.2 Å². The van der Waals surface area contributed by atoms with Gasteiger partial charge < -0.3 is 5.11 Å². The number of aliphatic imine (C=N–C) groups is 1. The summed E-state index contributed by atoms with van der Waals surface area (Å²) in [4.78, 5) is 22.7. The van der Waals surface area contributed by atoms with Crippen LogP contribution in [0.4, 0.5) is 0 Å². The second kappa shape index (κ2) is 22.2. The second-order valence-corrected chi connectivity index (χ2v) is 13.2. The summed E-state index contributed by atoms with van der Waals surface area (Å²) in [5.74, 6) is 0.659. The first kappa shape index (κ1) is 46.9. The Morgan fingerprint density at radius 3 is 1.79 bits per heavy atom. The van der Waals surface area contributed by atoms with Crippen molar-refractivity contribution in [3.63, 3.8) is 0 Å². The zero-order valence-electron chi connectivity index (χ0n) is 29.0. The number of pyridine rings is 2. The standard InChI is InChI=1S/C32H34N6O.C2H3N.2ClHO4.Mn/c1-32(2,3)24-18-23(30(39)27(19-24)31-36-28-12-4-5-13-29(28)37-31)20-33-16-17-38(21-25-10-6-8-14-34-25)22-26-11-7-9-15-35-26;1-2-3;2*2-1(3,4)5;/h4-15,18-20,39H,16-17,21-22H2,1-3H3,(H,36,37);1H3;2*(H,2,3,4,5);/q;;;;+2/p-2. The van der Waals surface area contributed by atoms with Crippen LogP contribution in [0.2, 0.25) is 0 Å². The quantitative estimate of drug-likeness (QED) is 0.110. The van der Waals surface area contributed by atoms with E-state index in [0.29, 0.717) is 43.1 Å². The number of fused-ring (bicyclic) bond motifs is 1. The average Bonchev–Trinajstić information content (AvgIpc) is 3.47. The van der Waals surface area contributed by atoms with Crippen molar-refractivity contribution in [2.24, 2.45) is 4.99 Å². The van der Waals surface area contributed by atoms with Crippen molar-refractivity contribution in [2.75, 3.05) is 13.1 Å². The SMILES string of the molecule is CC#N.CC(C)(C)c1cc(C=NCCN(Cc2ccccn2)Cc2ccccn2)c([O-])c(-c2[nH]c3ccccc3[nH+]2)c1.[Mn+2].[O-][Cl+3]([O-])([O-])[O-].[O-][Cl+3]([O-])([O-])[O-]. The van der Waals surface area contributed by atoms with Crippen LogP contribution in [0.3, 0.4) is 0 Å². The van der Waals surface area contributed by atoms with E-state index in [0.717, 1.165) is 28.0 Å². The fraction of sp³-hybridized carbons (Fsp3) is 0.265. The molecule has 2 N–H and O–H groups in total. The Bertz CT molecular complexity index is 1780. The monoisotopic (exact) mass is 812 g/mol. The van der Waals surface area contributed by atoms with E-state index in [1.165, 1.54) is 6.92 Å². The van der Waals surface area contributed by atoms with E-state index in [4.69, 9.17) is 47.5 Å². The summed E-state index contributed by atoms with van der Waals surface area (Å²) in [6, 6.07) is 25.5. The summed E-state index contributed by atoms with van der Waals surface area (Å²) in [6.45, 7) is 10.5. The van der Waals surface area contributed by atoms with Gasteiger partial charge in [0.2, 0.25) is 0 Å². The fourth-order valence-electron chi connectivity index (χ4n) is 4.52. The van der Waals surface area contributed by atoms with Crippen molar-refractivity contribution in [1.82, 2.24) is 19.9 Å². The average molecular weight is 814 g/mol. The Labute approximate surface area is 321 Å². The van der Waals surface area contributed by atoms with Crippen molar-refractivity contribution < 1.29 is 84.9 Å². The molecule has 3 aromatic heterocycles. The fourth-order valence-corrected chi connectivity index (χ4v) is 4.52. The maximum absolute atomic E-state index is 13.6. The molecule has 16 nitrogen and oxygen atoms in total. The molecule has 0 bridgehead atoms. The van der Waals surface area contributed by atoms with E-state index in [2.05, 4.69) is 45.6 Å². The second-order valence-electron chi connectivity index (χ2n) is 11.7. The van der Waals surface area contributed by atoms with E-state index in [1.54, 1.807) is 12.3 Å². The molecule has 0 aliphatic carbocycles. The summed E-state index contributed by atoms with van der Waals surface area (Å²) >= 11 is 0. The number of nitrogens with zero attached hydrogens (tertiary/aromatic N) is 5. The number of nitriles is 1. The maximum Gasteiger partial charge on any atom is 2.00 e. The smallest absolute Gasteiger partial charge is 0.871 e. The van der Waals surface area contributed by atoms with Gasteiger partial charge in [0.1, 0.15) is 0 Å². The van der Waals surface area contributed by atoms with Crippen LogP contribution >= 0.6 is 0 Å². The molecule has 5 aromatic rings. The number of nitrogens with one attached hydrogen (secondary N) is 2. The number of benzene rings is 2. The number of aromatic amines is 2. The van der Waals surface area contributed by atoms with Crippen molar-refractivity contribution in [3.05, 3.63) is 108 Å². The third kappa shape index (κ3) is 19.5. The van der Waals surface area contributed by atoms with Gasteiger partial charge in [0.15, 0.2) is 11.0 Å². The molecular formula is C34H37Cl2MnN7O9. The van der Waals surface area contributed by atoms with Crippen LogP contribution in [0, 0.1) is 31.8 Å². The van der Waals surface area contributed by atoms with E-state index < -0.39 is 20.5 Å². The minimum Gasteiger partial charge on any atom is -0.871 e. The molecule has 0 saturated heterocycles. The van der Waals surface area contributed by atoms with Crippen LogP contribution in [-0.2, 0) is 35.6 Å². The molecule has 2 aromatic carbocycles. The Kier molecular flexibility index (Phi) is 19.7. The Morgan fingerprint density at radius 1 is 0.849 bits per heavy atom. The van der Waals surface area contributed by atoms with Crippen LogP contribution < -0.4 is 47.4 Å².